The number of amides is 2. The molecule has 4 aromatic rings. The van der Waals surface area contributed by atoms with Gasteiger partial charge in [-0.1, -0.05) is 36.1 Å². The number of nitrogens with zero attached hydrogens (tertiary/aromatic N) is 1. The summed E-state index contributed by atoms with van der Waals surface area (Å²) in [7, 11) is -3.94. The van der Waals surface area contributed by atoms with Crippen molar-refractivity contribution in [2.75, 3.05) is 11.9 Å². The van der Waals surface area contributed by atoms with Crippen molar-refractivity contribution in [3.05, 3.63) is 94.5 Å². The maximum absolute atomic E-state index is 13.1. The predicted octanol–water partition coefficient (Wildman–Crippen LogP) is 3.84. The van der Waals surface area contributed by atoms with E-state index in [1.807, 2.05) is 24.3 Å². The molecule has 2 heterocycles. The second-order valence-electron chi connectivity index (χ2n) is 8.40. The average Bonchev–Trinajstić information content (AvgIpc) is 3.38. The van der Waals surface area contributed by atoms with Crippen LogP contribution >= 0.6 is 11.3 Å². The second-order valence-corrected chi connectivity index (χ2v) is 11.4. The molecule has 0 spiro atoms. The van der Waals surface area contributed by atoms with E-state index < -0.39 is 21.7 Å². The Bertz CT molecular complexity index is 1720. The number of hydrogen-bond acceptors (Lipinski definition) is 7. The number of carbonyl (C=O) groups is 2. The van der Waals surface area contributed by atoms with E-state index in [1.54, 1.807) is 18.3 Å². The summed E-state index contributed by atoms with van der Waals surface area (Å²) in [5, 5.41) is 6.27. The molecule has 5 rings (SSSR count). The summed E-state index contributed by atoms with van der Waals surface area (Å²) in [4.78, 5) is 30.7. The number of fused-ring (bicyclic) bond motifs is 2. The molecule has 38 heavy (non-hydrogen) atoms. The molecule has 1 aromatic heterocycles. The van der Waals surface area contributed by atoms with Crippen LogP contribution in [0, 0.1) is 11.8 Å². The van der Waals surface area contributed by atoms with Gasteiger partial charge in [0.25, 0.3) is 11.8 Å². The molecule has 1 aliphatic rings. The van der Waals surface area contributed by atoms with Gasteiger partial charge in [0.15, 0.2) is 0 Å². The number of aromatic nitrogens is 1. The highest BCUT2D eigenvalue weighted by Crippen LogP contribution is 2.34. The fourth-order valence-electron chi connectivity index (χ4n) is 3.92. The molecule has 10 heteroatoms. The second kappa shape index (κ2) is 10.6. The third kappa shape index (κ3) is 5.08. The van der Waals surface area contributed by atoms with Gasteiger partial charge in [-0.05, 0) is 42.5 Å². The zero-order valence-corrected chi connectivity index (χ0v) is 21.7. The van der Waals surface area contributed by atoms with Crippen molar-refractivity contribution in [2.45, 2.75) is 22.8 Å². The summed E-state index contributed by atoms with van der Waals surface area (Å²) in [5.74, 6) is 5.11. The van der Waals surface area contributed by atoms with Crippen molar-refractivity contribution in [2.24, 2.45) is 5.73 Å². The number of carbonyl (C=O) groups excluding carboxylic acids is 2. The fourth-order valence-corrected chi connectivity index (χ4v) is 6.37. The van der Waals surface area contributed by atoms with Gasteiger partial charge in [0.05, 0.1) is 27.6 Å². The fraction of sp³-hybridized carbons (Fsp3) is 0.107. The first-order chi connectivity index (χ1) is 18.4. The molecule has 0 saturated heterocycles. The average molecular weight is 543 g/mol. The van der Waals surface area contributed by atoms with Crippen LogP contribution in [0.5, 0.6) is 0 Å². The molecule has 0 atom stereocenters. The van der Waals surface area contributed by atoms with Gasteiger partial charge in [0, 0.05) is 40.7 Å². The lowest BCUT2D eigenvalue weighted by Crippen LogP contribution is -2.22. The maximum Gasteiger partial charge on any atom is 0.257 e. The van der Waals surface area contributed by atoms with Crippen molar-refractivity contribution in [1.29, 1.82) is 0 Å². The lowest BCUT2D eigenvalue weighted by molar-refractivity contribution is 0.0949. The molecule has 2 amide bonds. The molecule has 0 radical (unpaired) electrons. The van der Waals surface area contributed by atoms with Crippen LogP contribution in [0.25, 0.3) is 10.6 Å². The molecule has 0 aliphatic carbocycles. The molecule has 0 saturated carbocycles. The smallest absolute Gasteiger partial charge is 0.257 e. The number of rotatable bonds is 5. The van der Waals surface area contributed by atoms with E-state index in [0.717, 1.165) is 21.0 Å². The monoisotopic (exact) mass is 542 g/mol. The zero-order chi connectivity index (χ0) is 26.7. The van der Waals surface area contributed by atoms with Crippen LogP contribution in [-0.2, 0) is 16.4 Å². The number of benzene rings is 3. The van der Waals surface area contributed by atoms with E-state index >= 15 is 0 Å². The number of thiazole rings is 1. The largest absolute Gasteiger partial charge is 0.347 e. The number of nitrogens with one attached hydrogen (secondary N) is 2. The van der Waals surface area contributed by atoms with Gasteiger partial charge in [-0.2, -0.15) is 0 Å². The summed E-state index contributed by atoms with van der Waals surface area (Å²) in [6, 6.07) is 17.9. The van der Waals surface area contributed by atoms with Crippen LogP contribution in [0.15, 0.2) is 82.7 Å². The van der Waals surface area contributed by atoms with E-state index in [9.17, 15) is 18.0 Å². The van der Waals surface area contributed by atoms with Crippen LogP contribution in [0.2, 0.25) is 0 Å². The Balaban J connectivity index is 1.29. The summed E-state index contributed by atoms with van der Waals surface area (Å²) in [5.41, 5.74) is 7.66. The highest BCUT2D eigenvalue weighted by molar-refractivity contribution is 7.91. The van der Waals surface area contributed by atoms with Crippen molar-refractivity contribution < 1.29 is 18.0 Å². The van der Waals surface area contributed by atoms with Crippen LogP contribution in [0.3, 0.4) is 0 Å². The molecular weight excluding hydrogens is 520 g/mol. The Morgan fingerprint density at radius 3 is 2.63 bits per heavy atom. The molecule has 1 aliphatic heterocycles. The van der Waals surface area contributed by atoms with E-state index in [0.29, 0.717) is 13.0 Å². The molecule has 0 unspecified atom stereocenters. The quantitative estimate of drug-likeness (QED) is 0.329. The van der Waals surface area contributed by atoms with E-state index in [2.05, 4.69) is 27.5 Å². The first kappa shape index (κ1) is 25.4. The normalized spacial score (nSPS) is 13.2. The van der Waals surface area contributed by atoms with Crippen molar-refractivity contribution in [3.8, 4) is 22.4 Å². The van der Waals surface area contributed by atoms with E-state index in [-0.39, 0.29) is 33.2 Å². The molecule has 8 nitrogen and oxygen atoms in total. The van der Waals surface area contributed by atoms with Gasteiger partial charge in [0.1, 0.15) is 5.01 Å². The SMILES string of the molecule is NCCC#Cc1ccc(-c2ncc(CNC(=O)c3ccc4c(c3)NC(=O)c3ccccc3S4(=O)=O)s2)cc1. The minimum Gasteiger partial charge on any atom is -0.347 e. The van der Waals surface area contributed by atoms with Gasteiger partial charge < -0.3 is 16.4 Å². The van der Waals surface area contributed by atoms with E-state index in [4.69, 9.17) is 5.73 Å². The first-order valence-electron chi connectivity index (χ1n) is 11.7. The van der Waals surface area contributed by atoms with Crippen molar-refractivity contribution >= 4 is 38.7 Å². The molecule has 4 N–H and O–H groups in total. The first-order valence-corrected chi connectivity index (χ1v) is 14.0. The van der Waals surface area contributed by atoms with Crippen LogP contribution in [0.4, 0.5) is 5.69 Å². The third-order valence-corrected chi connectivity index (χ3v) is 8.73. The van der Waals surface area contributed by atoms with Gasteiger partial charge in [0.2, 0.25) is 9.84 Å². The lowest BCUT2D eigenvalue weighted by Gasteiger charge is -2.10. The minimum atomic E-state index is -3.94. The summed E-state index contributed by atoms with van der Waals surface area (Å²) in [6.07, 6.45) is 2.35. The molecule has 0 bridgehead atoms. The van der Waals surface area contributed by atoms with Gasteiger partial charge in [-0.15, -0.1) is 11.3 Å². The molecule has 190 valence electrons. The number of hydrogen-bond donors (Lipinski definition) is 3. The molecule has 3 aromatic carbocycles. The standard InChI is InChI=1S/C28H22N4O4S2/c29-14-4-3-5-18-8-10-19(11-9-18)28-31-17-21(37-28)16-30-26(33)20-12-13-25-23(15-20)32-27(34)22-6-1-2-7-24(22)38(25,35)36/h1-2,6-13,15,17H,4,14,16,29H2,(H,30,33)(H,32,34). The van der Waals surface area contributed by atoms with E-state index in [1.165, 1.54) is 41.7 Å². The Kier molecular flexibility index (Phi) is 7.07. The topological polar surface area (TPSA) is 131 Å². The lowest BCUT2D eigenvalue weighted by atomic mass is 10.1. The third-order valence-electron chi connectivity index (χ3n) is 5.81. The van der Waals surface area contributed by atoms with Crippen LogP contribution in [-0.4, -0.2) is 31.8 Å². The zero-order valence-electron chi connectivity index (χ0n) is 20.0. The number of nitrogens with two attached hydrogens (primary N) is 1. The minimum absolute atomic E-state index is 0.0594. The maximum atomic E-state index is 13.1. The Morgan fingerprint density at radius 1 is 1.05 bits per heavy atom. The Morgan fingerprint density at radius 2 is 1.84 bits per heavy atom. The highest BCUT2D eigenvalue weighted by Gasteiger charge is 2.31. The van der Waals surface area contributed by atoms with Crippen LogP contribution in [0.1, 0.15) is 37.6 Å². The summed E-state index contributed by atoms with van der Waals surface area (Å²) < 4.78 is 26.3. The van der Waals surface area contributed by atoms with Crippen molar-refractivity contribution in [3.63, 3.8) is 0 Å². The Hall–Kier alpha value is -4.30. The Labute approximate surface area is 223 Å². The molecule has 0 fully saturated rings. The van der Waals surface area contributed by atoms with Crippen molar-refractivity contribution in [1.82, 2.24) is 10.3 Å². The predicted molar refractivity (Wildman–Crippen MR) is 146 cm³/mol. The van der Waals surface area contributed by atoms with Gasteiger partial charge >= 0.3 is 0 Å². The summed E-state index contributed by atoms with van der Waals surface area (Å²) >= 11 is 1.45. The number of anilines is 1. The van der Waals surface area contributed by atoms with Gasteiger partial charge in [-0.3, -0.25) is 9.59 Å². The number of sulfone groups is 1. The van der Waals surface area contributed by atoms with Crippen LogP contribution < -0.4 is 16.4 Å². The van der Waals surface area contributed by atoms with Gasteiger partial charge in [-0.25, -0.2) is 13.4 Å². The molecular formula is C28H22N4O4S2. The summed E-state index contributed by atoms with van der Waals surface area (Å²) in [6.45, 7) is 0.773. The highest BCUT2D eigenvalue weighted by atomic mass is 32.2.